The average Bonchev–Trinajstić information content (AvgIpc) is 3.27. The molecular formula is C16H24N2S. The lowest BCUT2D eigenvalue weighted by atomic mass is 10.0. The third-order valence-electron chi connectivity index (χ3n) is 4.28. The number of rotatable bonds is 5. The van der Waals surface area contributed by atoms with E-state index in [0.717, 1.165) is 18.6 Å². The molecular weight excluding hydrogens is 252 g/mol. The first-order valence-corrected chi connectivity index (χ1v) is 8.63. The lowest BCUT2D eigenvalue weighted by Gasteiger charge is -2.37. The Hall–Kier alpha value is -0.510. The van der Waals surface area contributed by atoms with Crippen molar-refractivity contribution in [1.29, 1.82) is 0 Å². The molecule has 3 rings (SSSR count). The quantitative estimate of drug-likeness (QED) is 0.761. The van der Waals surface area contributed by atoms with E-state index < -0.39 is 0 Å². The Labute approximate surface area is 121 Å². The molecule has 1 heterocycles. The fraction of sp³-hybridized carbons (Fsp3) is 0.625. The molecule has 0 amide bonds. The third kappa shape index (κ3) is 3.53. The van der Waals surface area contributed by atoms with Crippen molar-refractivity contribution >= 4 is 11.9 Å². The molecule has 0 radical (unpaired) electrons. The van der Waals surface area contributed by atoms with Crippen LogP contribution in [0.15, 0.2) is 30.3 Å². The van der Waals surface area contributed by atoms with Gasteiger partial charge in [-0.2, -0.15) is 0 Å². The van der Waals surface area contributed by atoms with Gasteiger partial charge in [0, 0.05) is 31.7 Å². The molecule has 0 aromatic heterocycles. The Balaban J connectivity index is 1.49. The maximum absolute atomic E-state index is 2.68. The van der Waals surface area contributed by atoms with Gasteiger partial charge in [0.1, 0.15) is 0 Å². The van der Waals surface area contributed by atoms with Crippen LogP contribution in [0, 0.1) is 0 Å². The van der Waals surface area contributed by atoms with Gasteiger partial charge in [0.25, 0.3) is 0 Å². The Morgan fingerprint density at radius 1 is 1.05 bits per heavy atom. The molecule has 0 atom stereocenters. The highest BCUT2D eigenvalue weighted by atomic mass is 32.2. The summed E-state index contributed by atoms with van der Waals surface area (Å²) < 4.78 is 2.68. The fourth-order valence-electron chi connectivity index (χ4n) is 3.10. The molecule has 1 aliphatic heterocycles. The zero-order valence-electron chi connectivity index (χ0n) is 11.8. The maximum atomic E-state index is 2.68. The van der Waals surface area contributed by atoms with Crippen molar-refractivity contribution in [1.82, 2.24) is 9.21 Å². The first-order valence-electron chi connectivity index (χ1n) is 7.45. The summed E-state index contributed by atoms with van der Waals surface area (Å²) in [6, 6.07) is 12.6. The highest BCUT2D eigenvalue weighted by Crippen LogP contribution is 2.36. The zero-order chi connectivity index (χ0) is 13.1. The topological polar surface area (TPSA) is 6.48 Å². The largest absolute Gasteiger partial charge is 0.299 e. The van der Waals surface area contributed by atoms with Crippen LogP contribution in [-0.4, -0.2) is 40.6 Å². The normalized spacial score (nSPS) is 22.0. The molecule has 0 bridgehead atoms. The monoisotopic (exact) mass is 276 g/mol. The number of hydrogen-bond donors (Lipinski definition) is 0. The van der Waals surface area contributed by atoms with Crippen molar-refractivity contribution in [2.24, 2.45) is 0 Å². The molecule has 0 spiro atoms. The van der Waals surface area contributed by atoms with Crippen molar-refractivity contribution in [3.8, 4) is 0 Å². The Kier molecular flexibility index (Phi) is 4.46. The third-order valence-corrected chi connectivity index (χ3v) is 5.30. The van der Waals surface area contributed by atoms with Crippen LogP contribution in [0.25, 0.3) is 0 Å². The van der Waals surface area contributed by atoms with E-state index in [9.17, 15) is 0 Å². The van der Waals surface area contributed by atoms with Gasteiger partial charge in [0.05, 0.1) is 0 Å². The summed E-state index contributed by atoms with van der Waals surface area (Å²) in [6.07, 6.45) is 7.76. The van der Waals surface area contributed by atoms with Gasteiger partial charge in [-0.05, 0) is 37.5 Å². The van der Waals surface area contributed by atoms with Gasteiger partial charge in [-0.3, -0.25) is 4.90 Å². The first-order chi connectivity index (χ1) is 9.36. The average molecular weight is 276 g/mol. The molecule has 19 heavy (non-hydrogen) atoms. The predicted molar refractivity (Wildman–Crippen MR) is 83.1 cm³/mol. The lowest BCUT2D eigenvalue weighted by molar-refractivity contribution is 0.156. The van der Waals surface area contributed by atoms with E-state index in [-0.39, 0.29) is 0 Å². The van der Waals surface area contributed by atoms with Crippen LogP contribution < -0.4 is 0 Å². The van der Waals surface area contributed by atoms with Gasteiger partial charge in [-0.1, -0.05) is 42.3 Å². The van der Waals surface area contributed by atoms with E-state index in [4.69, 9.17) is 0 Å². The van der Waals surface area contributed by atoms with Crippen LogP contribution in [0.5, 0.6) is 0 Å². The van der Waals surface area contributed by atoms with Crippen LogP contribution in [-0.2, 0) is 6.54 Å². The highest BCUT2D eigenvalue weighted by molar-refractivity contribution is 7.96. The van der Waals surface area contributed by atoms with Crippen molar-refractivity contribution in [3.63, 3.8) is 0 Å². The zero-order valence-corrected chi connectivity index (χ0v) is 12.6. The SMILES string of the molecule is CSN(C1CC1)C1CCN(Cc2ccccc2)CC1. The number of benzene rings is 1. The van der Waals surface area contributed by atoms with Gasteiger partial charge in [0.2, 0.25) is 0 Å². The molecule has 0 unspecified atom stereocenters. The van der Waals surface area contributed by atoms with Gasteiger partial charge in [-0.15, -0.1) is 0 Å². The first kappa shape index (κ1) is 13.5. The Morgan fingerprint density at radius 2 is 1.68 bits per heavy atom. The predicted octanol–water partition coefficient (Wildman–Crippen LogP) is 3.39. The molecule has 2 aliphatic rings. The molecule has 1 aliphatic carbocycles. The summed E-state index contributed by atoms with van der Waals surface area (Å²) >= 11 is 1.97. The van der Waals surface area contributed by atoms with Gasteiger partial charge in [-0.25, -0.2) is 4.31 Å². The van der Waals surface area contributed by atoms with Crippen LogP contribution in [0.3, 0.4) is 0 Å². The second-order valence-corrected chi connectivity index (χ2v) is 6.55. The van der Waals surface area contributed by atoms with E-state index in [1.165, 1.54) is 44.3 Å². The number of piperidine rings is 1. The number of likely N-dealkylation sites (tertiary alicyclic amines) is 1. The van der Waals surface area contributed by atoms with Gasteiger partial charge in [0.15, 0.2) is 0 Å². The van der Waals surface area contributed by atoms with Crippen LogP contribution >= 0.6 is 11.9 Å². The summed E-state index contributed by atoms with van der Waals surface area (Å²) in [5, 5.41) is 0. The minimum Gasteiger partial charge on any atom is -0.299 e. The van der Waals surface area contributed by atoms with Gasteiger partial charge >= 0.3 is 0 Å². The molecule has 0 N–H and O–H groups in total. The Morgan fingerprint density at radius 3 is 2.26 bits per heavy atom. The van der Waals surface area contributed by atoms with Crippen LogP contribution in [0.4, 0.5) is 0 Å². The molecule has 3 heteroatoms. The van der Waals surface area contributed by atoms with E-state index >= 15 is 0 Å². The molecule has 1 aromatic carbocycles. The fourth-order valence-corrected chi connectivity index (χ4v) is 4.12. The summed E-state index contributed by atoms with van der Waals surface area (Å²) in [5.41, 5.74) is 1.45. The Bertz CT molecular complexity index is 383. The summed E-state index contributed by atoms with van der Waals surface area (Å²) in [7, 11) is 0. The van der Waals surface area contributed by atoms with E-state index in [0.29, 0.717) is 0 Å². The minimum atomic E-state index is 0.814. The van der Waals surface area contributed by atoms with E-state index in [2.05, 4.69) is 45.8 Å². The van der Waals surface area contributed by atoms with Crippen molar-refractivity contribution < 1.29 is 0 Å². The lowest BCUT2D eigenvalue weighted by Crippen LogP contribution is -2.42. The standard InChI is InChI=1S/C16H24N2S/c1-19-18(15-7-8-15)16-9-11-17(12-10-16)13-14-5-3-2-4-6-14/h2-6,15-16H,7-13H2,1H3. The van der Waals surface area contributed by atoms with E-state index in [1.807, 2.05) is 11.9 Å². The molecule has 2 nitrogen and oxygen atoms in total. The van der Waals surface area contributed by atoms with Crippen molar-refractivity contribution in [3.05, 3.63) is 35.9 Å². The molecule has 2 fully saturated rings. The summed E-state index contributed by atoms with van der Waals surface area (Å²) in [5.74, 6) is 0. The molecule has 1 saturated carbocycles. The summed E-state index contributed by atoms with van der Waals surface area (Å²) in [6.45, 7) is 3.63. The minimum absolute atomic E-state index is 0.814. The second kappa shape index (κ2) is 6.29. The molecule has 1 aromatic rings. The summed E-state index contributed by atoms with van der Waals surface area (Å²) in [4.78, 5) is 2.61. The smallest absolute Gasteiger partial charge is 0.0233 e. The highest BCUT2D eigenvalue weighted by Gasteiger charge is 2.35. The van der Waals surface area contributed by atoms with Crippen LogP contribution in [0.1, 0.15) is 31.2 Å². The molecule has 104 valence electrons. The van der Waals surface area contributed by atoms with Crippen LogP contribution in [0.2, 0.25) is 0 Å². The molecule has 1 saturated heterocycles. The maximum Gasteiger partial charge on any atom is 0.0233 e. The second-order valence-electron chi connectivity index (χ2n) is 5.77. The van der Waals surface area contributed by atoms with Gasteiger partial charge < -0.3 is 0 Å². The number of hydrogen-bond acceptors (Lipinski definition) is 3. The number of nitrogens with zero attached hydrogens (tertiary/aromatic N) is 2. The van der Waals surface area contributed by atoms with Crippen molar-refractivity contribution in [2.75, 3.05) is 19.3 Å². The van der Waals surface area contributed by atoms with Crippen molar-refractivity contribution in [2.45, 2.75) is 44.3 Å². The van der Waals surface area contributed by atoms with E-state index in [1.54, 1.807) is 0 Å².